The Morgan fingerprint density at radius 3 is 2.81 bits per heavy atom. The Morgan fingerprint density at radius 1 is 1.27 bits per heavy atom. The standard InChI is InChI=1S/C21H26N2O3/c1-15-9-18(11-20(10-15)26-2)21(25)22-12-19(24)14-23-8-7-16-5-3-4-6-17(16)13-23/h3-6,9-11,19,24H,7-8,12-14H2,1-2H3,(H,22,25). The van der Waals surface area contributed by atoms with E-state index in [1.54, 1.807) is 13.2 Å². The van der Waals surface area contributed by atoms with Crippen LogP contribution < -0.4 is 10.1 Å². The summed E-state index contributed by atoms with van der Waals surface area (Å²) in [7, 11) is 1.58. The van der Waals surface area contributed by atoms with Gasteiger partial charge >= 0.3 is 0 Å². The molecular formula is C21H26N2O3. The third-order valence-corrected chi connectivity index (χ3v) is 4.73. The number of nitrogens with zero attached hydrogens (tertiary/aromatic N) is 1. The summed E-state index contributed by atoms with van der Waals surface area (Å²) in [4.78, 5) is 14.6. The maximum atomic E-state index is 12.3. The van der Waals surface area contributed by atoms with Gasteiger partial charge in [0.2, 0.25) is 0 Å². The van der Waals surface area contributed by atoms with E-state index in [1.165, 1.54) is 11.1 Å². The zero-order valence-corrected chi connectivity index (χ0v) is 15.4. The van der Waals surface area contributed by atoms with Gasteiger partial charge in [-0.25, -0.2) is 0 Å². The van der Waals surface area contributed by atoms with Crippen LogP contribution in [0.3, 0.4) is 0 Å². The number of aliphatic hydroxyl groups excluding tert-OH is 1. The molecule has 0 bridgehead atoms. The van der Waals surface area contributed by atoms with Crippen molar-refractivity contribution in [2.24, 2.45) is 0 Å². The number of methoxy groups -OCH3 is 1. The SMILES string of the molecule is COc1cc(C)cc(C(=O)NCC(O)CN2CCc3ccccc3C2)c1. The van der Waals surface area contributed by atoms with Crippen LogP contribution in [0.1, 0.15) is 27.0 Å². The summed E-state index contributed by atoms with van der Waals surface area (Å²) < 4.78 is 5.20. The van der Waals surface area contributed by atoms with E-state index < -0.39 is 6.10 Å². The van der Waals surface area contributed by atoms with Crippen LogP contribution in [0.2, 0.25) is 0 Å². The number of benzene rings is 2. The van der Waals surface area contributed by atoms with E-state index >= 15 is 0 Å². The van der Waals surface area contributed by atoms with E-state index in [9.17, 15) is 9.90 Å². The first-order valence-corrected chi connectivity index (χ1v) is 8.96. The number of aliphatic hydroxyl groups is 1. The van der Waals surface area contributed by atoms with Crippen molar-refractivity contribution in [2.75, 3.05) is 26.7 Å². The Bertz CT molecular complexity index is 776. The second-order valence-corrected chi connectivity index (χ2v) is 6.86. The monoisotopic (exact) mass is 354 g/mol. The lowest BCUT2D eigenvalue weighted by molar-refractivity contribution is 0.0841. The van der Waals surface area contributed by atoms with Crippen molar-refractivity contribution in [1.29, 1.82) is 0 Å². The molecule has 0 saturated heterocycles. The number of fused-ring (bicyclic) bond motifs is 1. The smallest absolute Gasteiger partial charge is 0.251 e. The van der Waals surface area contributed by atoms with Crippen molar-refractivity contribution in [3.63, 3.8) is 0 Å². The summed E-state index contributed by atoms with van der Waals surface area (Å²) in [5.74, 6) is 0.456. The number of hydrogen-bond donors (Lipinski definition) is 2. The number of ether oxygens (including phenoxy) is 1. The summed E-state index contributed by atoms with van der Waals surface area (Å²) >= 11 is 0. The predicted molar refractivity (Wildman–Crippen MR) is 101 cm³/mol. The van der Waals surface area contributed by atoms with Crippen molar-refractivity contribution in [3.8, 4) is 5.75 Å². The Labute approximate surface area is 154 Å². The van der Waals surface area contributed by atoms with Crippen LogP contribution in [0.25, 0.3) is 0 Å². The molecule has 1 amide bonds. The topological polar surface area (TPSA) is 61.8 Å². The highest BCUT2D eigenvalue weighted by molar-refractivity contribution is 5.94. The van der Waals surface area contributed by atoms with Gasteiger partial charge in [-0.3, -0.25) is 9.69 Å². The van der Waals surface area contributed by atoms with Crippen molar-refractivity contribution >= 4 is 5.91 Å². The molecule has 1 aliphatic rings. The highest BCUT2D eigenvalue weighted by Crippen LogP contribution is 2.19. The van der Waals surface area contributed by atoms with Crippen LogP contribution in [0.15, 0.2) is 42.5 Å². The average molecular weight is 354 g/mol. The summed E-state index contributed by atoms with van der Waals surface area (Å²) in [5, 5.41) is 13.1. The second-order valence-electron chi connectivity index (χ2n) is 6.86. The quantitative estimate of drug-likeness (QED) is 0.834. The molecule has 0 spiro atoms. The number of carbonyl (C=O) groups is 1. The highest BCUT2D eigenvalue weighted by atomic mass is 16.5. The van der Waals surface area contributed by atoms with E-state index in [0.717, 1.165) is 25.1 Å². The van der Waals surface area contributed by atoms with Crippen molar-refractivity contribution < 1.29 is 14.6 Å². The first-order valence-electron chi connectivity index (χ1n) is 8.96. The van der Waals surface area contributed by atoms with Crippen LogP contribution in [-0.2, 0) is 13.0 Å². The zero-order valence-electron chi connectivity index (χ0n) is 15.4. The number of hydrogen-bond acceptors (Lipinski definition) is 4. The molecule has 26 heavy (non-hydrogen) atoms. The van der Waals surface area contributed by atoms with Crippen LogP contribution >= 0.6 is 0 Å². The Kier molecular flexibility index (Phi) is 5.91. The molecule has 2 aromatic rings. The lowest BCUT2D eigenvalue weighted by Gasteiger charge is -2.30. The number of carbonyl (C=O) groups excluding carboxylic acids is 1. The molecule has 5 heteroatoms. The van der Waals surface area contributed by atoms with Gasteiger partial charge in [-0.05, 0) is 48.2 Å². The van der Waals surface area contributed by atoms with Gasteiger partial charge in [-0.2, -0.15) is 0 Å². The molecule has 0 radical (unpaired) electrons. The summed E-state index contributed by atoms with van der Waals surface area (Å²) in [6, 6.07) is 13.8. The van der Waals surface area contributed by atoms with Gasteiger partial charge in [-0.1, -0.05) is 24.3 Å². The number of amides is 1. The number of nitrogens with one attached hydrogen (secondary N) is 1. The van der Waals surface area contributed by atoms with Gasteiger partial charge in [-0.15, -0.1) is 0 Å². The maximum absolute atomic E-state index is 12.3. The molecular weight excluding hydrogens is 328 g/mol. The molecule has 5 nitrogen and oxygen atoms in total. The molecule has 0 fully saturated rings. The van der Waals surface area contributed by atoms with Gasteiger partial charge in [0, 0.05) is 31.7 Å². The Balaban J connectivity index is 1.51. The Morgan fingerprint density at radius 2 is 2.04 bits per heavy atom. The van der Waals surface area contributed by atoms with E-state index in [-0.39, 0.29) is 12.5 Å². The minimum atomic E-state index is -0.601. The van der Waals surface area contributed by atoms with Gasteiger partial charge in [0.25, 0.3) is 5.91 Å². The molecule has 0 aromatic heterocycles. The van der Waals surface area contributed by atoms with Crippen LogP contribution in [0.5, 0.6) is 5.75 Å². The minimum absolute atomic E-state index is 0.199. The highest BCUT2D eigenvalue weighted by Gasteiger charge is 2.19. The maximum Gasteiger partial charge on any atom is 0.251 e. The van der Waals surface area contributed by atoms with E-state index in [4.69, 9.17) is 4.74 Å². The number of rotatable bonds is 6. The van der Waals surface area contributed by atoms with E-state index in [1.807, 2.05) is 19.1 Å². The fourth-order valence-electron chi connectivity index (χ4n) is 3.38. The van der Waals surface area contributed by atoms with Gasteiger partial charge in [0.1, 0.15) is 5.75 Å². The Hall–Kier alpha value is -2.37. The molecule has 2 aromatic carbocycles. The summed E-state index contributed by atoms with van der Waals surface area (Å²) in [5.41, 5.74) is 4.21. The number of aryl methyl sites for hydroxylation is 1. The fraction of sp³-hybridized carbons (Fsp3) is 0.381. The predicted octanol–water partition coefficient (Wildman–Crippen LogP) is 2.15. The van der Waals surface area contributed by atoms with E-state index in [0.29, 0.717) is 17.9 Å². The molecule has 1 unspecified atom stereocenters. The van der Waals surface area contributed by atoms with Crippen molar-refractivity contribution in [2.45, 2.75) is 26.0 Å². The molecule has 1 heterocycles. The summed E-state index contributed by atoms with van der Waals surface area (Å²) in [6.07, 6.45) is 0.397. The van der Waals surface area contributed by atoms with Gasteiger partial charge < -0.3 is 15.2 Å². The second kappa shape index (κ2) is 8.34. The molecule has 0 saturated carbocycles. The third-order valence-electron chi connectivity index (χ3n) is 4.73. The zero-order chi connectivity index (χ0) is 18.5. The van der Waals surface area contributed by atoms with Gasteiger partial charge in [0.05, 0.1) is 13.2 Å². The minimum Gasteiger partial charge on any atom is -0.497 e. The van der Waals surface area contributed by atoms with Crippen LogP contribution in [-0.4, -0.2) is 48.8 Å². The molecule has 1 aliphatic heterocycles. The summed E-state index contributed by atoms with van der Waals surface area (Å²) in [6.45, 7) is 4.47. The molecule has 0 aliphatic carbocycles. The largest absolute Gasteiger partial charge is 0.497 e. The molecule has 1 atom stereocenters. The first kappa shape index (κ1) is 18.4. The average Bonchev–Trinajstić information content (AvgIpc) is 2.65. The molecule has 138 valence electrons. The van der Waals surface area contributed by atoms with Crippen LogP contribution in [0, 0.1) is 6.92 Å². The van der Waals surface area contributed by atoms with Crippen LogP contribution in [0.4, 0.5) is 0 Å². The van der Waals surface area contributed by atoms with Crippen molar-refractivity contribution in [3.05, 3.63) is 64.7 Å². The molecule has 3 rings (SSSR count). The first-order chi connectivity index (χ1) is 12.5. The van der Waals surface area contributed by atoms with E-state index in [2.05, 4.69) is 34.5 Å². The lowest BCUT2D eigenvalue weighted by atomic mass is 10.00. The third kappa shape index (κ3) is 4.62. The molecule has 2 N–H and O–H groups in total. The number of β-amino-alcohol motifs (C(OH)–C–C–N with tert-alkyl or cyclic N) is 1. The fourth-order valence-corrected chi connectivity index (χ4v) is 3.38. The van der Waals surface area contributed by atoms with Gasteiger partial charge in [0.15, 0.2) is 0 Å². The lowest BCUT2D eigenvalue weighted by Crippen LogP contribution is -2.42. The normalized spacial score (nSPS) is 15.2. The van der Waals surface area contributed by atoms with Crippen molar-refractivity contribution in [1.82, 2.24) is 10.2 Å².